The standard InChI is InChI=1S/C14H20N2O2/c1-10(5-6-11(17)9-16-15)14(4)8-12(18)7-13(14,2)3/h9H,1,5-8H2,2-4H3/p+1/b11-9+. The van der Waals surface area contributed by atoms with Crippen LogP contribution in [-0.2, 0) is 4.79 Å². The first kappa shape index (κ1) is 14.4. The molecule has 0 aromatic heterocycles. The number of aliphatic hydroxyl groups excluding tert-OH is 1. The van der Waals surface area contributed by atoms with Gasteiger partial charge in [-0.2, -0.15) is 0 Å². The summed E-state index contributed by atoms with van der Waals surface area (Å²) < 4.78 is 0. The molecule has 1 N–H and O–H groups in total. The Bertz CT molecular complexity index is 443. The van der Waals surface area contributed by atoms with E-state index in [9.17, 15) is 9.90 Å². The molecule has 1 saturated carbocycles. The van der Waals surface area contributed by atoms with Gasteiger partial charge in [0.25, 0.3) is 0 Å². The Labute approximate surface area is 108 Å². The molecular formula is C14H21N2O2+. The number of diazo groups is 1. The molecule has 0 spiro atoms. The molecule has 1 unspecified atom stereocenters. The molecule has 4 nitrogen and oxygen atoms in total. The van der Waals surface area contributed by atoms with E-state index in [2.05, 4.69) is 32.3 Å². The Balaban J connectivity index is 2.76. The highest BCUT2D eigenvalue weighted by Crippen LogP contribution is 2.55. The molecule has 98 valence electrons. The highest BCUT2D eigenvalue weighted by Gasteiger charge is 2.50. The number of nitrogens with zero attached hydrogens (tertiary/aromatic N) is 2. The van der Waals surface area contributed by atoms with Crippen LogP contribution in [0.1, 0.15) is 46.5 Å². The predicted molar refractivity (Wildman–Crippen MR) is 70.3 cm³/mol. The smallest absolute Gasteiger partial charge is 0.387 e. The molecule has 1 fully saturated rings. The molecular weight excluding hydrogens is 228 g/mol. The van der Waals surface area contributed by atoms with E-state index in [4.69, 9.17) is 5.39 Å². The van der Waals surface area contributed by atoms with Crippen molar-refractivity contribution in [2.45, 2.75) is 46.5 Å². The molecule has 18 heavy (non-hydrogen) atoms. The second-order valence-electron chi connectivity index (χ2n) is 5.95. The van der Waals surface area contributed by atoms with Crippen molar-refractivity contribution < 1.29 is 9.90 Å². The average molecular weight is 249 g/mol. The topological polar surface area (TPSA) is 65.4 Å². The third kappa shape index (κ3) is 2.61. The fourth-order valence-electron chi connectivity index (χ4n) is 2.67. The number of rotatable bonds is 4. The average Bonchev–Trinajstić information content (AvgIpc) is 2.45. The lowest BCUT2D eigenvalue weighted by atomic mass is 9.64. The molecule has 0 aliphatic heterocycles. The van der Waals surface area contributed by atoms with Crippen LogP contribution in [0.3, 0.4) is 0 Å². The molecule has 0 aromatic rings. The van der Waals surface area contributed by atoms with Crippen molar-refractivity contribution in [3.63, 3.8) is 0 Å². The van der Waals surface area contributed by atoms with Crippen LogP contribution in [0.25, 0.3) is 4.98 Å². The van der Waals surface area contributed by atoms with Crippen LogP contribution >= 0.6 is 0 Å². The number of ketones is 1. The number of allylic oxidation sites excluding steroid dienone is 2. The van der Waals surface area contributed by atoms with Gasteiger partial charge in [0.1, 0.15) is 5.78 Å². The van der Waals surface area contributed by atoms with Gasteiger partial charge in [0.2, 0.25) is 5.39 Å². The lowest BCUT2D eigenvalue weighted by Crippen LogP contribution is -2.31. The van der Waals surface area contributed by atoms with Crippen LogP contribution in [-0.4, -0.2) is 10.9 Å². The largest absolute Gasteiger partial charge is 0.505 e. The highest BCUT2D eigenvalue weighted by atomic mass is 16.3. The number of hydrogen-bond donors (Lipinski definition) is 1. The SMILES string of the molecule is C=C(CC/C(O)=C\[N+]#N)C1(C)CC(=O)CC1(C)C. The Morgan fingerprint density at radius 2 is 2.06 bits per heavy atom. The van der Waals surface area contributed by atoms with Crippen LogP contribution in [0.5, 0.6) is 0 Å². The van der Waals surface area contributed by atoms with E-state index in [1.54, 1.807) is 0 Å². The van der Waals surface area contributed by atoms with Crippen molar-refractivity contribution in [1.29, 1.82) is 5.39 Å². The van der Waals surface area contributed by atoms with Crippen LogP contribution in [0.4, 0.5) is 0 Å². The summed E-state index contributed by atoms with van der Waals surface area (Å²) in [7, 11) is 0. The van der Waals surface area contributed by atoms with Gasteiger partial charge in [-0.1, -0.05) is 32.9 Å². The first-order valence-corrected chi connectivity index (χ1v) is 6.15. The second-order valence-corrected chi connectivity index (χ2v) is 5.95. The summed E-state index contributed by atoms with van der Waals surface area (Å²) in [6.07, 6.45) is 3.08. The lowest BCUT2D eigenvalue weighted by Gasteiger charge is -2.39. The predicted octanol–water partition coefficient (Wildman–Crippen LogP) is 3.97. The van der Waals surface area contributed by atoms with E-state index >= 15 is 0 Å². The minimum atomic E-state index is -0.222. The van der Waals surface area contributed by atoms with Crippen molar-refractivity contribution in [2.75, 3.05) is 0 Å². The zero-order chi connectivity index (χ0) is 14.0. The van der Waals surface area contributed by atoms with Crippen LogP contribution in [0.15, 0.2) is 24.1 Å². The van der Waals surface area contributed by atoms with Gasteiger partial charge >= 0.3 is 6.20 Å². The van der Waals surface area contributed by atoms with Crippen molar-refractivity contribution in [3.05, 3.63) is 29.1 Å². The number of aliphatic hydroxyl groups is 1. The van der Waals surface area contributed by atoms with Crippen LogP contribution in [0.2, 0.25) is 0 Å². The quantitative estimate of drug-likeness (QED) is 0.465. The number of carbonyl (C=O) groups excluding carboxylic acids is 1. The van der Waals surface area contributed by atoms with E-state index in [1.807, 2.05) is 0 Å². The van der Waals surface area contributed by atoms with E-state index < -0.39 is 0 Å². The molecule has 1 aliphatic carbocycles. The Morgan fingerprint density at radius 1 is 1.44 bits per heavy atom. The third-order valence-electron chi connectivity index (χ3n) is 4.35. The summed E-state index contributed by atoms with van der Waals surface area (Å²) in [4.78, 5) is 14.4. The van der Waals surface area contributed by atoms with Gasteiger partial charge in [-0.05, 0) is 11.8 Å². The molecule has 0 radical (unpaired) electrons. The minimum Gasteiger partial charge on any atom is -0.505 e. The van der Waals surface area contributed by atoms with Gasteiger partial charge in [0, 0.05) is 24.7 Å². The molecule has 1 aliphatic rings. The Morgan fingerprint density at radius 3 is 2.50 bits per heavy atom. The Hall–Kier alpha value is -1.63. The third-order valence-corrected chi connectivity index (χ3v) is 4.35. The summed E-state index contributed by atoms with van der Waals surface area (Å²) in [5.41, 5.74) is 0.652. The number of carbonyl (C=O) groups is 1. The molecule has 0 aromatic carbocycles. The molecule has 0 amide bonds. The van der Waals surface area contributed by atoms with E-state index in [0.29, 0.717) is 25.7 Å². The maximum absolute atomic E-state index is 11.7. The first-order chi connectivity index (χ1) is 8.23. The molecule has 0 bridgehead atoms. The zero-order valence-electron chi connectivity index (χ0n) is 11.4. The number of hydrogen-bond acceptors (Lipinski definition) is 3. The summed E-state index contributed by atoms with van der Waals surface area (Å²) in [6, 6.07) is 0. The first-order valence-electron chi connectivity index (χ1n) is 6.15. The maximum atomic E-state index is 11.7. The fraction of sp³-hybridized carbons (Fsp3) is 0.643. The zero-order valence-corrected chi connectivity index (χ0v) is 11.4. The second kappa shape index (κ2) is 4.93. The molecule has 4 heteroatoms. The summed E-state index contributed by atoms with van der Waals surface area (Å²) in [6.45, 7) is 10.3. The van der Waals surface area contributed by atoms with Crippen molar-refractivity contribution >= 4 is 5.78 Å². The van der Waals surface area contributed by atoms with Gasteiger partial charge in [-0.3, -0.25) is 4.79 Å². The van der Waals surface area contributed by atoms with E-state index in [0.717, 1.165) is 11.8 Å². The van der Waals surface area contributed by atoms with Gasteiger partial charge in [-0.25, -0.2) is 0 Å². The lowest BCUT2D eigenvalue weighted by molar-refractivity contribution is -0.118. The highest BCUT2D eigenvalue weighted by molar-refractivity contribution is 5.83. The fourth-order valence-corrected chi connectivity index (χ4v) is 2.67. The monoisotopic (exact) mass is 249 g/mol. The van der Waals surface area contributed by atoms with Crippen LogP contribution in [0, 0.1) is 16.2 Å². The van der Waals surface area contributed by atoms with Gasteiger partial charge in [0.05, 0.1) is 0 Å². The van der Waals surface area contributed by atoms with Crippen molar-refractivity contribution in [3.8, 4) is 0 Å². The minimum absolute atomic E-state index is 0.0179. The van der Waals surface area contributed by atoms with Gasteiger partial charge in [0.15, 0.2) is 10.7 Å². The van der Waals surface area contributed by atoms with Crippen molar-refractivity contribution in [1.82, 2.24) is 0 Å². The summed E-state index contributed by atoms with van der Waals surface area (Å²) in [5, 5.41) is 17.7. The molecule has 1 rings (SSSR count). The maximum Gasteiger partial charge on any atom is 0.387 e. The molecule has 0 heterocycles. The van der Waals surface area contributed by atoms with E-state index in [1.165, 1.54) is 0 Å². The summed E-state index contributed by atoms with van der Waals surface area (Å²) >= 11 is 0. The van der Waals surface area contributed by atoms with Gasteiger partial charge < -0.3 is 5.11 Å². The van der Waals surface area contributed by atoms with Gasteiger partial charge in [-0.15, -0.1) is 0 Å². The summed E-state index contributed by atoms with van der Waals surface area (Å²) in [5.74, 6) is 0.290. The normalized spacial score (nSPS) is 27.0. The van der Waals surface area contributed by atoms with Crippen molar-refractivity contribution in [2.24, 2.45) is 10.8 Å². The van der Waals surface area contributed by atoms with Crippen LogP contribution < -0.4 is 0 Å². The number of Topliss-reactive ketones (excluding diaryl/α,β-unsaturated/α-hetero) is 1. The molecule has 1 atom stereocenters. The molecule has 0 saturated heterocycles. The Kier molecular flexibility index (Phi) is 3.95. The van der Waals surface area contributed by atoms with E-state index in [-0.39, 0.29) is 22.4 Å².